The number of aromatic nitrogens is 2. The molecule has 0 amide bonds. The second-order valence-corrected chi connectivity index (χ2v) is 9.22. The molecule has 1 aromatic heterocycles. The molecule has 0 radical (unpaired) electrons. The molecule has 37 heavy (non-hydrogen) atoms. The number of aryl methyl sites for hydroxylation is 1. The number of ether oxygens (including phenoxy) is 3. The van der Waals surface area contributed by atoms with E-state index in [1.54, 1.807) is 18.0 Å². The minimum Gasteiger partial charge on any atom is -0.493 e. The summed E-state index contributed by atoms with van der Waals surface area (Å²) in [6, 6.07) is 6.94. The lowest BCUT2D eigenvalue weighted by Crippen LogP contribution is -2.59. The Morgan fingerprint density at radius 2 is 1.86 bits per heavy atom. The van der Waals surface area contributed by atoms with Gasteiger partial charge in [0.05, 0.1) is 26.0 Å². The van der Waals surface area contributed by atoms with Crippen LogP contribution in [-0.2, 0) is 13.1 Å². The molecule has 1 fully saturated rings. The highest BCUT2D eigenvalue weighted by molar-refractivity contribution is 5.43. The Labute approximate surface area is 212 Å². The minimum atomic E-state index is -1.70. The molecule has 4 rings (SSSR count). The van der Waals surface area contributed by atoms with Gasteiger partial charge in [-0.3, -0.25) is 9.58 Å². The number of benzene rings is 2. The lowest BCUT2D eigenvalue weighted by atomic mass is 9.90. The molecule has 8 nitrogen and oxygen atoms in total. The van der Waals surface area contributed by atoms with Crippen LogP contribution >= 0.6 is 0 Å². The summed E-state index contributed by atoms with van der Waals surface area (Å²) in [6.45, 7) is 3.54. The van der Waals surface area contributed by atoms with Gasteiger partial charge in [0.2, 0.25) is 0 Å². The van der Waals surface area contributed by atoms with Crippen molar-refractivity contribution in [2.24, 2.45) is 0 Å². The molecule has 0 bridgehead atoms. The second kappa shape index (κ2) is 11.4. The first-order chi connectivity index (χ1) is 17.7. The standard InChI is InChI=1S/C26H30F3N3O5/c1-17-12-30-32(13-17)7-8-36-22-4-3-18(9-23(22)35-2)14-31-6-5-24(33)26(34,15-31)16-37-19-10-20(27)25(29)21(28)11-19/h3-4,9-13,24,33-34H,5-8,14-16H2,1-2H3/t24-,26-/m0/s1. The molecule has 0 unspecified atom stereocenters. The Morgan fingerprint density at radius 1 is 1.11 bits per heavy atom. The van der Waals surface area contributed by atoms with Crippen molar-refractivity contribution >= 4 is 0 Å². The first kappa shape index (κ1) is 26.8. The van der Waals surface area contributed by atoms with Gasteiger partial charge in [0.25, 0.3) is 0 Å². The van der Waals surface area contributed by atoms with E-state index in [2.05, 4.69) is 5.10 Å². The van der Waals surface area contributed by atoms with E-state index in [0.29, 0.717) is 49.9 Å². The van der Waals surface area contributed by atoms with Gasteiger partial charge < -0.3 is 24.4 Å². The third kappa shape index (κ3) is 6.54. The maximum Gasteiger partial charge on any atom is 0.194 e. The number of hydrogen-bond acceptors (Lipinski definition) is 7. The Bertz CT molecular complexity index is 1200. The normalized spacial score (nSPS) is 20.1. The van der Waals surface area contributed by atoms with Gasteiger partial charge in [-0.25, -0.2) is 13.2 Å². The first-order valence-corrected chi connectivity index (χ1v) is 11.9. The van der Waals surface area contributed by atoms with Gasteiger partial charge in [-0.05, 0) is 36.6 Å². The van der Waals surface area contributed by atoms with E-state index < -0.39 is 35.8 Å². The Hall–Kier alpha value is -3.28. The fourth-order valence-corrected chi connectivity index (χ4v) is 4.27. The van der Waals surface area contributed by atoms with E-state index in [1.807, 2.05) is 36.2 Å². The van der Waals surface area contributed by atoms with Crippen molar-refractivity contribution in [2.45, 2.75) is 38.1 Å². The smallest absolute Gasteiger partial charge is 0.194 e. The molecule has 0 spiro atoms. The number of likely N-dealkylation sites (tertiary alicyclic amines) is 1. The van der Waals surface area contributed by atoms with Crippen LogP contribution in [0.25, 0.3) is 0 Å². The number of rotatable bonds is 10. The number of methoxy groups -OCH3 is 1. The highest BCUT2D eigenvalue weighted by Gasteiger charge is 2.42. The van der Waals surface area contributed by atoms with E-state index in [0.717, 1.165) is 11.1 Å². The van der Waals surface area contributed by atoms with Gasteiger partial charge in [-0.2, -0.15) is 5.10 Å². The summed E-state index contributed by atoms with van der Waals surface area (Å²) in [4.78, 5) is 1.93. The summed E-state index contributed by atoms with van der Waals surface area (Å²) < 4.78 is 58.6. The summed E-state index contributed by atoms with van der Waals surface area (Å²) in [5.74, 6) is -3.53. The Balaban J connectivity index is 1.36. The predicted molar refractivity (Wildman–Crippen MR) is 128 cm³/mol. The van der Waals surface area contributed by atoms with Crippen molar-refractivity contribution < 1.29 is 37.6 Å². The predicted octanol–water partition coefficient (Wildman–Crippen LogP) is 3.07. The number of piperidine rings is 1. The lowest BCUT2D eigenvalue weighted by molar-refractivity contribution is -0.140. The molecule has 2 atom stereocenters. The zero-order valence-corrected chi connectivity index (χ0v) is 20.7. The van der Waals surface area contributed by atoms with Crippen molar-refractivity contribution in [3.05, 3.63) is 71.3 Å². The van der Waals surface area contributed by atoms with E-state index in [-0.39, 0.29) is 18.7 Å². The van der Waals surface area contributed by atoms with E-state index in [1.165, 1.54) is 0 Å². The van der Waals surface area contributed by atoms with Crippen molar-refractivity contribution in [3.63, 3.8) is 0 Å². The lowest BCUT2D eigenvalue weighted by Gasteiger charge is -2.42. The maximum atomic E-state index is 13.5. The molecule has 2 N–H and O–H groups in total. The largest absolute Gasteiger partial charge is 0.493 e. The summed E-state index contributed by atoms with van der Waals surface area (Å²) in [5, 5.41) is 25.7. The van der Waals surface area contributed by atoms with Crippen molar-refractivity contribution in [3.8, 4) is 17.2 Å². The number of aliphatic hydroxyl groups is 2. The van der Waals surface area contributed by atoms with Crippen LogP contribution in [0.3, 0.4) is 0 Å². The fraction of sp³-hybridized carbons (Fsp3) is 0.423. The van der Waals surface area contributed by atoms with Gasteiger partial charge >= 0.3 is 0 Å². The molecular formula is C26H30F3N3O5. The second-order valence-electron chi connectivity index (χ2n) is 9.22. The Morgan fingerprint density at radius 3 is 2.54 bits per heavy atom. The van der Waals surface area contributed by atoms with Crippen LogP contribution in [0.5, 0.6) is 17.2 Å². The fourth-order valence-electron chi connectivity index (χ4n) is 4.27. The van der Waals surface area contributed by atoms with Crippen molar-refractivity contribution in [2.75, 3.05) is 33.4 Å². The van der Waals surface area contributed by atoms with Crippen LogP contribution in [0.4, 0.5) is 13.2 Å². The van der Waals surface area contributed by atoms with Gasteiger partial charge in [0.15, 0.2) is 29.0 Å². The molecule has 2 heterocycles. The quantitative estimate of drug-likeness (QED) is 0.397. The van der Waals surface area contributed by atoms with Crippen LogP contribution in [-0.4, -0.2) is 70.0 Å². The summed E-state index contributed by atoms with van der Waals surface area (Å²) in [5.41, 5.74) is 0.274. The average molecular weight is 522 g/mol. The first-order valence-electron chi connectivity index (χ1n) is 11.9. The number of aliphatic hydroxyl groups excluding tert-OH is 1. The highest BCUT2D eigenvalue weighted by Crippen LogP contribution is 2.30. The molecule has 11 heteroatoms. The van der Waals surface area contributed by atoms with E-state index in [9.17, 15) is 23.4 Å². The number of β-amino-alcohol motifs (C(OH)–C–C–N with tert-alkyl or cyclic N) is 1. The van der Waals surface area contributed by atoms with Crippen LogP contribution in [0.15, 0.2) is 42.7 Å². The molecule has 0 aliphatic carbocycles. The number of hydrogen-bond donors (Lipinski definition) is 2. The third-order valence-electron chi connectivity index (χ3n) is 6.26. The van der Waals surface area contributed by atoms with Crippen LogP contribution in [0.2, 0.25) is 0 Å². The summed E-state index contributed by atoms with van der Waals surface area (Å²) in [7, 11) is 1.55. The third-order valence-corrected chi connectivity index (χ3v) is 6.26. The van der Waals surface area contributed by atoms with Crippen molar-refractivity contribution in [1.29, 1.82) is 0 Å². The highest BCUT2D eigenvalue weighted by atomic mass is 19.2. The van der Waals surface area contributed by atoms with Crippen LogP contribution in [0.1, 0.15) is 17.5 Å². The molecule has 1 aliphatic heterocycles. The summed E-state index contributed by atoms with van der Waals surface area (Å²) >= 11 is 0. The number of halogens is 3. The minimum absolute atomic E-state index is 0.0458. The monoisotopic (exact) mass is 521 g/mol. The van der Waals surface area contributed by atoms with Gasteiger partial charge in [0.1, 0.15) is 24.6 Å². The number of nitrogens with zero attached hydrogens (tertiary/aromatic N) is 3. The van der Waals surface area contributed by atoms with Gasteiger partial charge in [0, 0.05) is 38.0 Å². The topological polar surface area (TPSA) is 89.2 Å². The molecular weight excluding hydrogens is 491 g/mol. The van der Waals surface area contributed by atoms with E-state index in [4.69, 9.17) is 14.2 Å². The molecule has 0 saturated carbocycles. The zero-order chi connectivity index (χ0) is 26.6. The maximum absolute atomic E-state index is 13.5. The molecule has 2 aromatic carbocycles. The molecule has 1 aliphatic rings. The van der Waals surface area contributed by atoms with Crippen molar-refractivity contribution in [1.82, 2.24) is 14.7 Å². The van der Waals surface area contributed by atoms with Crippen LogP contribution in [0, 0.1) is 24.4 Å². The van der Waals surface area contributed by atoms with E-state index >= 15 is 0 Å². The Kier molecular flexibility index (Phi) is 8.25. The SMILES string of the molecule is COc1cc(CN2CC[C@H](O)[C@@](O)(COc3cc(F)c(F)c(F)c3)C2)ccc1OCCn1cc(C)cn1. The zero-order valence-electron chi connectivity index (χ0n) is 20.7. The molecule has 1 saturated heterocycles. The summed E-state index contributed by atoms with van der Waals surface area (Å²) in [6.07, 6.45) is 2.87. The molecule has 200 valence electrons. The molecule has 3 aromatic rings. The van der Waals surface area contributed by atoms with Gasteiger partial charge in [-0.15, -0.1) is 0 Å². The average Bonchev–Trinajstić information content (AvgIpc) is 3.29. The van der Waals surface area contributed by atoms with Crippen LogP contribution < -0.4 is 14.2 Å². The van der Waals surface area contributed by atoms with Gasteiger partial charge in [-0.1, -0.05) is 6.07 Å².